The van der Waals surface area contributed by atoms with E-state index in [1.807, 2.05) is 6.07 Å². The minimum absolute atomic E-state index is 0.0944. The molecule has 2 aromatic rings. The zero-order valence-corrected chi connectivity index (χ0v) is 14.6. The van der Waals surface area contributed by atoms with Gasteiger partial charge in [-0.15, -0.1) is 11.3 Å². The zero-order chi connectivity index (χ0) is 14.7. The van der Waals surface area contributed by atoms with E-state index >= 15 is 0 Å². The first-order chi connectivity index (χ1) is 9.52. The van der Waals surface area contributed by atoms with E-state index in [4.69, 9.17) is 23.2 Å². The van der Waals surface area contributed by atoms with Crippen molar-refractivity contribution in [3.05, 3.63) is 54.4 Å². The van der Waals surface area contributed by atoms with Gasteiger partial charge in [-0.3, -0.25) is 0 Å². The first kappa shape index (κ1) is 16.2. The lowest BCUT2D eigenvalue weighted by atomic mass is 10.0. The second-order valence-corrected chi connectivity index (χ2v) is 7.48. The Hall–Kier alpha value is -0.130. The van der Waals surface area contributed by atoms with Crippen molar-refractivity contribution in [2.75, 3.05) is 6.54 Å². The first-order valence-electron chi connectivity index (χ1n) is 6.16. The highest BCUT2D eigenvalue weighted by molar-refractivity contribution is 9.10. The van der Waals surface area contributed by atoms with Gasteiger partial charge in [0.1, 0.15) is 5.82 Å². The van der Waals surface area contributed by atoms with Crippen LogP contribution in [0.5, 0.6) is 0 Å². The number of hydrogen-bond donors (Lipinski definition) is 1. The van der Waals surface area contributed by atoms with Crippen LogP contribution in [0, 0.1) is 5.82 Å². The maximum Gasteiger partial charge on any atom is 0.137 e. The third-order valence-electron chi connectivity index (χ3n) is 2.87. The molecule has 1 N–H and O–H groups in total. The van der Waals surface area contributed by atoms with E-state index in [9.17, 15) is 4.39 Å². The molecule has 0 fully saturated rings. The summed E-state index contributed by atoms with van der Waals surface area (Å²) in [7, 11) is 0. The van der Waals surface area contributed by atoms with Gasteiger partial charge in [-0.2, -0.15) is 0 Å². The molecule has 0 aliphatic carbocycles. The summed E-state index contributed by atoms with van der Waals surface area (Å²) in [5.74, 6) is -0.280. The van der Waals surface area contributed by atoms with Crippen molar-refractivity contribution < 1.29 is 4.39 Å². The first-order valence-corrected chi connectivity index (χ1v) is 8.52. The van der Waals surface area contributed by atoms with E-state index in [2.05, 4.69) is 28.2 Å². The summed E-state index contributed by atoms with van der Waals surface area (Å²) in [5, 5.41) is 3.42. The van der Waals surface area contributed by atoms with Gasteiger partial charge in [0.2, 0.25) is 0 Å². The Morgan fingerprint density at radius 2 is 2.10 bits per heavy atom. The Labute approximate surface area is 140 Å². The van der Waals surface area contributed by atoms with Crippen LogP contribution in [0.15, 0.2) is 28.7 Å². The van der Waals surface area contributed by atoms with Crippen LogP contribution in [0.25, 0.3) is 0 Å². The summed E-state index contributed by atoms with van der Waals surface area (Å²) in [6, 6.07) is 6.74. The second kappa shape index (κ2) is 7.23. The van der Waals surface area contributed by atoms with Crippen molar-refractivity contribution in [3.63, 3.8) is 0 Å². The van der Waals surface area contributed by atoms with E-state index in [0.717, 1.165) is 24.1 Å². The van der Waals surface area contributed by atoms with E-state index in [-0.39, 0.29) is 11.9 Å². The molecule has 2 rings (SSSR count). The lowest BCUT2D eigenvalue weighted by Gasteiger charge is -2.19. The largest absolute Gasteiger partial charge is 0.306 e. The van der Waals surface area contributed by atoms with Gasteiger partial charge in [-0.05, 0) is 52.7 Å². The molecule has 0 saturated heterocycles. The van der Waals surface area contributed by atoms with Crippen LogP contribution in [0.4, 0.5) is 4.39 Å². The molecule has 1 unspecified atom stereocenters. The van der Waals surface area contributed by atoms with Gasteiger partial charge in [0.05, 0.1) is 19.2 Å². The zero-order valence-electron chi connectivity index (χ0n) is 10.7. The van der Waals surface area contributed by atoms with Crippen molar-refractivity contribution in [1.82, 2.24) is 5.32 Å². The molecule has 0 amide bonds. The molecule has 1 atom stereocenters. The van der Waals surface area contributed by atoms with E-state index in [1.165, 1.54) is 17.4 Å². The monoisotopic (exact) mass is 395 g/mol. The predicted octanol–water partition coefficient (Wildman–Crippen LogP) is 6.05. The summed E-state index contributed by atoms with van der Waals surface area (Å²) >= 11 is 16.8. The topological polar surface area (TPSA) is 12.0 Å². The highest BCUT2D eigenvalue weighted by Crippen LogP contribution is 2.38. The van der Waals surface area contributed by atoms with Crippen molar-refractivity contribution in [2.45, 2.75) is 19.4 Å². The average Bonchev–Trinajstić information content (AvgIpc) is 2.73. The molecule has 0 radical (unpaired) electrons. The normalized spacial score (nSPS) is 12.7. The van der Waals surface area contributed by atoms with Crippen LogP contribution in [-0.2, 0) is 0 Å². The van der Waals surface area contributed by atoms with Gasteiger partial charge in [0, 0.05) is 5.56 Å². The minimum atomic E-state index is -0.280. The number of benzene rings is 1. The van der Waals surface area contributed by atoms with Crippen LogP contribution in [0.2, 0.25) is 8.67 Å². The minimum Gasteiger partial charge on any atom is -0.306 e. The molecule has 0 aliphatic heterocycles. The molecule has 0 aliphatic rings. The van der Waals surface area contributed by atoms with Crippen LogP contribution < -0.4 is 5.32 Å². The Balaban J connectivity index is 2.41. The average molecular weight is 397 g/mol. The number of hydrogen-bond acceptors (Lipinski definition) is 2. The molecule has 6 heteroatoms. The van der Waals surface area contributed by atoms with Crippen molar-refractivity contribution in [2.24, 2.45) is 0 Å². The SMILES string of the molecule is CCCNC(c1ccc(F)c(Br)c1)c1cc(Cl)sc1Cl. The maximum atomic E-state index is 13.4. The van der Waals surface area contributed by atoms with Crippen LogP contribution in [-0.4, -0.2) is 6.54 Å². The van der Waals surface area contributed by atoms with Gasteiger partial charge < -0.3 is 5.32 Å². The molecule has 20 heavy (non-hydrogen) atoms. The van der Waals surface area contributed by atoms with Crippen LogP contribution >= 0.6 is 50.5 Å². The van der Waals surface area contributed by atoms with Gasteiger partial charge in [0.25, 0.3) is 0 Å². The third kappa shape index (κ3) is 3.74. The van der Waals surface area contributed by atoms with Crippen molar-refractivity contribution in [3.8, 4) is 0 Å². The fraction of sp³-hybridized carbons (Fsp3) is 0.286. The van der Waals surface area contributed by atoms with Crippen molar-refractivity contribution in [1.29, 1.82) is 0 Å². The third-order valence-corrected chi connectivity index (χ3v) is 5.00. The molecule has 0 saturated carbocycles. The molecular weight excluding hydrogens is 384 g/mol. The summed E-state index contributed by atoms with van der Waals surface area (Å²) in [6.45, 7) is 2.93. The lowest BCUT2D eigenvalue weighted by Crippen LogP contribution is -2.23. The molecule has 0 bridgehead atoms. The molecule has 1 aromatic carbocycles. The Kier molecular flexibility index (Phi) is 5.87. The summed E-state index contributed by atoms with van der Waals surface area (Å²) in [6.07, 6.45) is 0.994. The fourth-order valence-electron chi connectivity index (χ4n) is 1.94. The fourth-order valence-corrected chi connectivity index (χ4v) is 3.87. The van der Waals surface area contributed by atoms with Crippen molar-refractivity contribution >= 4 is 50.5 Å². The molecule has 108 valence electrons. The van der Waals surface area contributed by atoms with E-state index in [0.29, 0.717) is 13.1 Å². The smallest absolute Gasteiger partial charge is 0.137 e. The van der Waals surface area contributed by atoms with Gasteiger partial charge in [-0.25, -0.2) is 4.39 Å². The Morgan fingerprint density at radius 3 is 2.65 bits per heavy atom. The predicted molar refractivity (Wildman–Crippen MR) is 88.6 cm³/mol. The molecular formula is C14H13BrCl2FNS. The van der Waals surface area contributed by atoms with Gasteiger partial charge in [0.15, 0.2) is 0 Å². The number of rotatable bonds is 5. The number of halogens is 4. The molecule has 1 heterocycles. The van der Waals surface area contributed by atoms with E-state index < -0.39 is 0 Å². The lowest BCUT2D eigenvalue weighted by molar-refractivity contribution is 0.592. The summed E-state index contributed by atoms with van der Waals surface area (Å²) < 4.78 is 15.1. The Morgan fingerprint density at radius 1 is 1.35 bits per heavy atom. The Bertz CT molecular complexity index is 603. The van der Waals surface area contributed by atoms with E-state index in [1.54, 1.807) is 12.1 Å². The second-order valence-electron chi connectivity index (χ2n) is 4.34. The number of nitrogens with one attached hydrogen (secondary N) is 1. The molecule has 1 nitrogen and oxygen atoms in total. The van der Waals surface area contributed by atoms with Gasteiger partial charge in [-0.1, -0.05) is 36.2 Å². The highest BCUT2D eigenvalue weighted by Gasteiger charge is 2.19. The van der Waals surface area contributed by atoms with Crippen LogP contribution in [0.1, 0.15) is 30.5 Å². The highest BCUT2D eigenvalue weighted by atomic mass is 79.9. The quantitative estimate of drug-likeness (QED) is 0.648. The maximum absolute atomic E-state index is 13.4. The standard InChI is InChI=1S/C14H13BrCl2FNS/c1-2-5-19-13(9-7-12(16)20-14(9)17)8-3-4-11(18)10(15)6-8/h3-4,6-7,13,19H,2,5H2,1H3. The number of thiophene rings is 1. The van der Waals surface area contributed by atoms with Crippen LogP contribution in [0.3, 0.4) is 0 Å². The van der Waals surface area contributed by atoms with Gasteiger partial charge >= 0.3 is 0 Å². The molecule has 1 aromatic heterocycles. The molecule has 0 spiro atoms. The summed E-state index contributed by atoms with van der Waals surface area (Å²) in [4.78, 5) is 0. The summed E-state index contributed by atoms with van der Waals surface area (Å²) in [5.41, 5.74) is 1.87.